The number of carbonyl (C=O) groups excluding carboxylic acids is 1. The number of carbonyl (C=O) groups is 2. The molecule has 49 heavy (non-hydrogen) atoms. The Morgan fingerprint density at radius 2 is 1.80 bits per heavy atom. The van der Waals surface area contributed by atoms with E-state index in [9.17, 15) is 27.9 Å². The van der Waals surface area contributed by atoms with E-state index in [1.165, 1.54) is 27.8 Å². The van der Waals surface area contributed by atoms with Crippen molar-refractivity contribution >= 4 is 33.8 Å². The molecule has 0 saturated carbocycles. The number of benzene rings is 2. The van der Waals surface area contributed by atoms with Gasteiger partial charge in [-0.2, -0.15) is 23.3 Å². The van der Waals surface area contributed by atoms with Crippen LogP contribution < -0.4 is 9.64 Å². The van der Waals surface area contributed by atoms with E-state index < -0.39 is 35.8 Å². The zero-order chi connectivity index (χ0) is 34.9. The van der Waals surface area contributed by atoms with Crippen molar-refractivity contribution in [1.82, 2.24) is 24.6 Å². The van der Waals surface area contributed by atoms with Crippen LogP contribution in [0.25, 0.3) is 5.69 Å². The number of rotatable bonds is 8. The summed E-state index contributed by atoms with van der Waals surface area (Å²) in [5.41, 5.74) is 1.03. The number of carboxylic acids is 1. The molecule has 2 fully saturated rings. The number of piperidine rings is 1. The van der Waals surface area contributed by atoms with Crippen LogP contribution in [0.4, 0.5) is 23.8 Å². The van der Waals surface area contributed by atoms with Gasteiger partial charge in [-0.15, -0.1) is 0 Å². The normalized spacial score (nSPS) is 18.0. The Kier molecular flexibility index (Phi) is 9.56. The molecule has 1 N–H and O–H groups in total. The summed E-state index contributed by atoms with van der Waals surface area (Å²) in [7, 11) is 0. The van der Waals surface area contributed by atoms with Crippen LogP contribution in [0.2, 0.25) is 0 Å². The molecule has 11 nitrogen and oxygen atoms in total. The standard InChI is InChI=1S/C34H34BrF3N6O5/c1-21-10-13-44(41-21)26-16-24(35)8-9-25(26)30(34(36,37)38)49-29-17-28(39-22(2)40-29)42-14-11-33(12-15-42)18-27(31(45)46)43(20-33)32(47)48-19-23-6-4-3-5-7-23/h3-10,13,16-17,27,30H,11-12,14-15,18-20H2,1-2H3,(H,45,46). The van der Waals surface area contributed by atoms with Crippen molar-refractivity contribution in [2.45, 2.75) is 58.0 Å². The number of nitrogens with zero attached hydrogens (tertiary/aromatic N) is 6. The first-order valence-electron chi connectivity index (χ1n) is 15.7. The third kappa shape index (κ3) is 7.66. The average Bonchev–Trinajstić information content (AvgIpc) is 3.67. The minimum Gasteiger partial charge on any atom is -0.480 e. The predicted molar refractivity (Wildman–Crippen MR) is 175 cm³/mol. The van der Waals surface area contributed by atoms with Gasteiger partial charge in [-0.25, -0.2) is 19.3 Å². The summed E-state index contributed by atoms with van der Waals surface area (Å²) in [5, 5.41) is 14.3. The summed E-state index contributed by atoms with van der Waals surface area (Å²) >= 11 is 3.34. The Hall–Kier alpha value is -4.66. The highest BCUT2D eigenvalue weighted by Crippen LogP contribution is 2.45. The number of alkyl halides is 3. The minimum absolute atomic E-state index is 0.0298. The molecule has 1 amide bonds. The molecule has 0 radical (unpaired) electrons. The number of halogens is 4. The van der Waals surface area contributed by atoms with Crippen molar-refractivity contribution in [1.29, 1.82) is 0 Å². The van der Waals surface area contributed by atoms with Gasteiger partial charge in [0.25, 0.3) is 0 Å². The lowest BCUT2D eigenvalue weighted by Crippen LogP contribution is -2.43. The largest absolute Gasteiger partial charge is 0.480 e. The Bertz CT molecular complexity index is 1830. The predicted octanol–water partition coefficient (Wildman–Crippen LogP) is 6.81. The van der Waals surface area contributed by atoms with Crippen LogP contribution in [-0.4, -0.2) is 73.7 Å². The number of hydrogen-bond donors (Lipinski definition) is 1. The van der Waals surface area contributed by atoms with Crippen molar-refractivity contribution < 1.29 is 37.3 Å². The first-order valence-corrected chi connectivity index (χ1v) is 16.5. The van der Waals surface area contributed by atoms with E-state index in [-0.39, 0.29) is 42.5 Å². The Morgan fingerprint density at radius 1 is 1.06 bits per heavy atom. The van der Waals surface area contributed by atoms with Crippen molar-refractivity contribution in [3.63, 3.8) is 0 Å². The van der Waals surface area contributed by atoms with Crippen LogP contribution in [-0.2, 0) is 16.1 Å². The number of aliphatic carboxylic acids is 1. The Morgan fingerprint density at radius 3 is 2.45 bits per heavy atom. The summed E-state index contributed by atoms with van der Waals surface area (Å²) in [5.74, 6) is -0.717. The van der Waals surface area contributed by atoms with Crippen LogP contribution in [0.1, 0.15) is 48.0 Å². The molecule has 0 aliphatic carbocycles. The number of aryl methyl sites for hydroxylation is 2. The molecule has 2 aliphatic rings. The van der Waals surface area contributed by atoms with Crippen molar-refractivity contribution in [2.24, 2.45) is 5.41 Å². The lowest BCUT2D eigenvalue weighted by Gasteiger charge is -2.39. The number of carboxylic acid groups (broad SMARTS) is 1. The molecular formula is C34H34BrF3N6O5. The average molecular weight is 744 g/mol. The van der Waals surface area contributed by atoms with Crippen LogP contribution in [0.15, 0.2) is 71.3 Å². The Labute approximate surface area is 288 Å². The number of amides is 1. The van der Waals surface area contributed by atoms with Crippen molar-refractivity contribution in [2.75, 3.05) is 24.5 Å². The van der Waals surface area contributed by atoms with Crippen LogP contribution in [0.3, 0.4) is 0 Å². The highest BCUT2D eigenvalue weighted by Gasteiger charge is 2.51. The molecular weight excluding hydrogens is 709 g/mol. The van der Waals surface area contributed by atoms with Crippen LogP contribution in [0.5, 0.6) is 5.88 Å². The summed E-state index contributed by atoms with van der Waals surface area (Å²) in [6.07, 6.45) is -4.90. The van der Waals surface area contributed by atoms with Gasteiger partial charge < -0.3 is 19.5 Å². The van der Waals surface area contributed by atoms with Gasteiger partial charge in [-0.3, -0.25) is 4.90 Å². The number of anilines is 1. The minimum atomic E-state index is -4.79. The molecule has 0 bridgehead atoms. The van der Waals surface area contributed by atoms with Crippen molar-refractivity contribution in [3.8, 4) is 11.6 Å². The maximum Gasteiger partial charge on any atom is 0.429 e. The van der Waals surface area contributed by atoms with Gasteiger partial charge in [-0.05, 0) is 62.3 Å². The number of hydrogen-bond acceptors (Lipinski definition) is 8. The number of aromatic nitrogens is 4. The van der Waals surface area contributed by atoms with Crippen LogP contribution in [0, 0.1) is 19.3 Å². The van der Waals surface area contributed by atoms with Gasteiger partial charge in [0.2, 0.25) is 12.0 Å². The maximum atomic E-state index is 14.6. The summed E-state index contributed by atoms with van der Waals surface area (Å²) in [6, 6.07) is 15.6. The van der Waals surface area contributed by atoms with E-state index in [0.717, 1.165) is 5.56 Å². The smallest absolute Gasteiger partial charge is 0.429 e. The van der Waals surface area contributed by atoms with Crippen LogP contribution >= 0.6 is 15.9 Å². The molecule has 4 aromatic rings. The van der Waals surface area contributed by atoms with E-state index >= 15 is 0 Å². The number of ether oxygens (including phenoxy) is 2. The molecule has 2 aromatic carbocycles. The lowest BCUT2D eigenvalue weighted by molar-refractivity contribution is -0.198. The topological polar surface area (TPSA) is 123 Å². The Balaban J connectivity index is 1.18. The van der Waals surface area contributed by atoms with Crippen molar-refractivity contribution in [3.05, 3.63) is 94.0 Å². The molecule has 15 heteroatoms. The van der Waals surface area contributed by atoms with Gasteiger partial charge in [0, 0.05) is 41.9 Å². The fraction of sp³-hybridized carbons (Fsp3) is 0.382. The molecule has 1 spiro atoms. The van der Waals surface area contributed by atoms with E-state index in [4.69, 9.17) is 9.47 Å². The van der Waals surface area contributed by atoms with E-state index in [1.54, 1.807) is 32.2 Å². The number of likely N-dealkylation sites (tertiary alicyclic amines) is 1. The summed E-state index contributed by atoms with van der Waals surface area (Å²) in [4.78, 5) is 37.1. The van der Waals surface area contributed by atoms with E-state index in [1.807, 2.05) is 35.2 Å². The highest BCUT2D eigenvalue weighted by molar-refractivity contribution is 9.10. The second-order valence-electron chi connectivity index (χ2n) is 12.5. The summed E-state index contributed by atoms with van der Waals surface area (Å²) < 4.78 is 56.9. The third-order valence-corrected chi connectivity index (χ3v) is 9.46. The molecule has 2 atom stereocenters. The second kappa shape index (κ2) is 13.7. The second-order valence-corrected chi connectivity index (χ2v) is 13.4. The molecule has 258 valence electrons. The van der Waals surface area contributed by atoms with Gasteiger partial charge in [0.15, 0.2) is 0 Å². The molecule has 4 heterocycles. The SMILES string of the molecule is Cc1ccn(-c2cc(Br)ccc2C(Oc2cc(N3CCC4(CC3)CC(C(=O)O)N(C(=O)OCc3ccccc3)C4)nc(C)n2)C(F)(F)F)n1. The lowest BCUT2D eigenvalue weighted by atomic mass is 9.76. The maximum absolute atomic E-state index is 14.6. The molecule has 2 saturated heterocycles. The molecule has 2 aromatic heterocycles. The summed E-state index contributed by atoms with van der Waals surface area (Å²) in [6.45, 7) is 4.45. The fourth-order valence-electron chi connectivity index (χ4n) is 6.50. The van der Waals surface area contributed by atoms with Gasteiger partial charge in [0.05, 0.1) is 11.4 Å². The van der Waals surface area contributed by atoms with Gasteiger partial charge in [-0.1, -0.05) is 52.3 Å². The highest BCUT2D eigenvalue weighted by atomic mass is 79.9. The first-order chi connectivity index (χ1) is 23.3. The van der Waals surface area contributed by atoms with Gasteiger partial charge in [0.1, 0.15) is 24.3 Å². The van der Waals surface area contributed by atoms with Gasteiger partial charge >= 0.3 is 18.2 Å². The monoisotopic (exact) mass is 742 g/mol. The quantitative estimate of drug-likeness (QED) is 0.208. The molecule has 2 unspecified atom stereocenters. The molecule has 6 rings (SSSR count). The zero-order valence-electron chi connectivity index (χ0n) is 26.7. The third-order valence-electron chi connectivity index (χ3n) is 8.96. The fourth-order valence-corrected chi connectivity index (χ4v) is 6.85. The molecule has 2 aliphatic heterocycles. The zero-order valence-corrected chi connectivity index (χ0v) is 28.3. The first kappa shape index (κ1) is 34.2. The van der Waals surface area contributed by atoms with E-state index in [2.05, 4.69) is 31.0 Å². The van der Waals surface area contributed by atoms with E-state index in [0.29, 0.717) is 41.9 Å².